The first-order valence-electron chi connectivity index (χ1n) is 11.5. The molecule has 1 aromatic heterocycles. The summed E-state index contributed by atoms with van der Waals surface area (Å²) >= 11 is 1.35. The van der Waals surface area contributed by atoms with Gasteiger partial charge in [-0.1, -0.05) is 23.8 Å². The second-order valence-corrected chi connectivity index (χ2v) is 9.52. The number of carbonyl (C=O) groups is 3. The van der Waals surface area contributed by atoms with Gasteiger partial charge in [-0.15, -0.1) is 11.3 Å². The minimum absolute atomic E-state index is 0.00317. The fourth-order valence-corrected chi connectivity index (χ4v) is 4.92. The maximum Gasteiger partial charge on any atom is 0.294 e. The molecule has 186 valence electrons. The molecule has 0 unspecified atom stereocenters. The second-order valence-electron chi connectivity index (χ2n) is 8.61. The molecule has 0 aliphatic carbocycles. The number of methoxy groups -OCH3 is 1. The molecule has 1 saturated heterocycles. The van der Waals surface area contributed by atoms with Crippen LogP contribution in [0.4, 0.5) is 4.39 Å². The summed E-state index contributed by atoms with van der Waals surface area (Å²) < 4.78 is 17.9. The first kappa shape index (κ1) is 27.5. The summed E-state index contributed by atoms with van der Waals surface area (Å²) in [5.74, 6) is -0.114. The molecule has 8 heteroatoms. The molecule has 0 bridgehead atoms. The number of rotatable bonds is 10. The number of amides is 2. The fraction of sp³-hybridized carbons (Fsp3) is 0.500. The Balaban J connectivity index is 1.99. The smallest absolute Gasteiger partial charge is 0.294 e. The molecule has 1 fully saturated rings. The summed E-state index contributed by atoms with van der Waals surface area (Å²) in [6.45, 7) is 4.67. The van der Waals surface area contributed by atoms with Gasteiger partial charge in [0.15, 0.2) is 0 Å². The largest absolute Gasteiger partial charge is 0.501 e. The molecule has 6 nitrogen and oxygen atoms in total. The van der Waals surface area contributed by atoms with Crippen LogP contribution in [0.5, 0.6) is 0 Å². The Morgan fingerprint density at radius 2 is 1.94 bits per heavy atom. The normalized spacial score (nSPS) is 15.6. The number of ketones is 1. The number of alkyl halides is 1. The number of ether oxygens (including phenoxy) is 1. The Bertz CT molecular complexity index is 969. The van der Waals surface area contributed by atoms with Crippen molar-refractivity contribution in [1.29, 1.82) is 0 Å². The summed E-state index contributed by atoms with van der Waals surface area (Å²) in [5, 5.41) is 1.67. The highest BCUT2D eigenvalue weighted by atomic mass is 32.1. The lowest BCUT2D eigenvalue weighted by atomic mass is 9.89. The molecule has 0 atom stereocenters. The van der Waals surface area contributed by atoms with Crippen LogP contribution in [0.2, 0.25) is 0 Å². The van der Waals surface area contributed by atoms with Crippen LogP contribution in [0, 0.1) is 12.8 Å². The Morgan fingerprint density at radius 3 is 2.50 bits per heavy atom. The van der Waals surface area contributed by atoms with Gasteiger partial charge < -0.3 is 14.5 Å². The molecule has 0 aromatic carbocycles. The molecular formula is C26H35FN2O4S. The number of hydrogen-bond acceptors (Lipinski definition) is 5. The van der Waals surface area contributed by atoms with Gasteiger partial charge in [0.05, 0.1) is 13.5 Å². The molecule has 0 spiro atoms. The number of halogens is 1. The van der Waals surface area contributed by atoms with Crippen molar-refractivity contribution in [2.24, 2.45) is 5.92 Å². The van der Waals surface area contributed by atoms with E-state index in [1.54, 1.807) is 32.5 Å². The van der Waals surface area contributed by atoms with E-state index in [2.05, 4.69) is 0 Å². The predicted molar refractivity (Wildman–Crippen MR) is 134 cm³/mol. The van der Waals surface area contributed by atoms with Crippen LogP contribution in [-0.2, 0) is 14.3 Å². The first-order chi connectivity index (χ1) is 16.2. The van der Waals surface area contributed by atoms with Crippen molar-refractivity contribution in [2.45, 2.75) is 39.5 Å². The van der Waals surface area contributed by atoms with Crippen LogP contribution in [0.15, 0.2) is 34.9 Å². The Labute approximate surface area is 205 Å². The summed E-state index contributed by atoms with van der Waals surface area (Å²) in [6, 6.07) is 0. The van der Waals surface area contributed by atoms with Crippen LogP contribution in [0.25, 0.3) is 6.08 Å². The highest BCUT2D eigenvalue weighted by Gasteiger charge is 2.25. The van der Waals surface area contributed by atoms with Crippen molar-refractivity contribution >= 4 is 35.0 Å². The van der Waals surface area contributed by atoms with Crippen molar-refractivity contribution < 1.29 is 23.5 Å². The minimum Gasteiger partial charge on any atom is -0.501 e. The van der Waals surface area contributed by atoms with Gasteiger partial charge in [0.25, 0.3) is 11.7 Å². The van der Waals surface area contributed by atoms with Gasteiger partial charge >= 0.3 is 0 Å². The monoisotopic (exact) mass is 490 g/mol. The molecule has 2 heterocycles. The summed E-state index contributed by atoms with van der Waals surface area (Å²) in [7, 11) is 4.62. The van der Waals surface area contributed by atoms with E-state index in [1.165, 1.54) is 29.4 Å². The predicted octanol–water partition coefficient (Wildman–Crippen LogP) is 4.81. The molecule has 34 heavy (non-hydrogen) atoms. The summed E-state index contributed by atoms with van der Waals surface area (Å²) in [5.41, 5.74) is 2.21. The third-order valence-corrected chi connectivity index (χ3v) is 7.12. The van der Waals surface area contributed by atoms with E-state index >= 15 is 0 Å². The summed E-state index contributed by atoms with van der Waals surface area (Å²) in [4.78, 5) is 41.2. The number of nitrogens with zero attached hydrogens (tertiary/aromatic N) is 2. The standard InChI is InChI=1S/C26H35FN2O4S/c1-6-19(8-7-11-27)14-20-9-12-29(13-10-20)24(30)16-21(33-5)15-23-18(2)22(17-34-23)25(31)26(32)28(3)4/h6-8,15,17,20H,9-14,16H2,1-5H3/b8-7-,19-6+,21-15+. The number of carbonyl (C=O) groups excluding carboxylic acids is 3. The van der Waals surface area contributed by atoms with Crippen LogP contribution in [0.1, 0.15) is 53.4 Å². The number of thiophene rings is 1. The van der Waals surface area contributed by atoms with Crippen molar-refractivity contribution in [3.8, 4) is 0 Å². The average molecular weight is 491 g/mol. The van der Waals surface area contributed by atoms with E-state index in [1.807, 2.05) is 24.0 Å². The number of likely N-dealkylation sites (N-methyl/N-ethyl adjacent to an activating group) is 1. The molecular weight excluding hydrogens is 455 g/mol. The number of likely N-dealkylation sites (tertiary alicyclic amines) is 1. The first-order valence-corrected chi connectivity index (χ1v) is 12.3. The van der Waals surface area contributed by atoms with Crippen molar-refractivity contribution in [3.63, 3.8) is 0 Å². The van der Waals surface area contributed by atoms with Crippen molar-refractivity contribution in [1.82, 2.24) is 9.80 Å². The SMILES string of the molecule is C/C=C(\C=C/CF)CC1CCN(C(=O)C/C(=C\c2scc(C(=O)C(=O)N(C)C)c2C)OC)CC1. The van der Waals surface area contributed by atoms with Crippen molar-refractivity contribution in [3.05, 3.63) is 50.9 Å². The maximum absolute atomic E-state index is 12.9. The van der Waals surface area contributed by atoms with E-state index in [-0.39, 0.29) is 12.3 Å². The lowest BCUT2D eigenvalue weighted by molar-refractivity contribution is -0.132. The Hall–Kier alpha value is -2.74. The highest BCUT2D eigenvalue weighted by Crippen LogP contribution is 2.28. The number of allylic oxidation sites excluding steroid dienone is 4. The Morgan fingerprint density at radius 1 is 1.26 bits per heavy atom. The maximum atomic E-state index is 12.9. The van der Waals surface area contributed by atoms with Gasteiger partial charge in [-0.25, -0.2) is 4.39 Å². The molecule has 2 rings (SSSR count). The van der Waals surface area contributed by atoms with E-state index in [0.717, 1.165) is 29.7 Å². The number of Topliss-reactive ketones (excluding diaryl/α,β-unsaturated/α-hetero) is 1. The molecule has 0 N–H and O–H groups in total. The van der Waals surface area contributed by atoms with Crippen molar-refractivity contribution in [2.75, 3.05) is 41.0 Å². The van der Waals surface area contributed by atoms with Crippen LogP contribution >= 0.6 is 11.3 Å². The zero-order chi connectivity index (χ0) is 25.3. The van der Waals surface area contributed by atoms with Crippen LogP contribution < -0.4 is 0 Å². The average Bonchev–Trinajstić information content (AvgIpc) is 3.20. The summed E-state index contributed by atoms with van der Waals surface area (Å²) in [6.07, 6.45) is 10.0. The molecule has 1 aliphatic heterocycles. The fourth-order valence-electron chi connectivity index (χ4n) is 3.90. The molecule has 0 saturated carbocycles. The zero-order valence-electron chi connectivity index (χ0n) is 20.7. The zero-order valence-corrected chi connectivity index (χ0v) is 21.5. The highest BCUT2D eigenvalue weighted by molar-refractivity contribution is 7.11. The third-order valence-electron chi connectivity index (χ3n) is 6.09. The van der Waals surface area contributed by atoms with Gasteiger partial charge in [-0.05, 0) is 50.7 Å². The van der Waals surface area contributed by atoms with Gasteiger partial charge in [0, 0.05) is 43.0 Å². The quantitative estimate of drug-likeness (QED) is 0.204. The lowest BCUT2D eigenvalue weighted by Crippen LogP contribution is -2.38. The van der Waals surface area contributed by atoms with E-state index in [9.17, 15) is 18.8 Å². The topological polar surface area (TPSA) is 66.9 Å². The van der Waals surface area contributed by atoms with Crippen LogP contribution in [0.3, 0.4) is 0 Å². The molecule has 1 aliphatic rings. The van der Waals surface area contributed by atoms with Gasteiger partial charge in [-0.3, -0.25) is 14.4 Å². The molecule has 1 aromatic rings. The van der Waals surface area contributed by atoms with Crippen LogP contribution in [-0.4, -0.2) is 68.4 Å². The number of piperidine rings is 1. The molecule has 2 amide bonds. The van der Waals surface area contributed by atoms with E-state index in [0.29, 0.717) is 35.9 Å². The van der Waals surface area contributed by atoms with E-state index < -0.39 is 18.4 Å². The Kier molecular flexibility index (Phi) is 10.7. The van der Waals surface area contributed by atoms with Gasteiger partial charge in [0.1, 0.15) is 12.4 Å². The number of hydrogen-bond donors (Lipinski definition) is 0. The lowest BCUT2D eigenvalue weighted by Gasteiger charge is -2.32. The second kappa shape index (κ2) is 13.2. The third kappa shape index (κ3) is 7.38. The molecule has 0 radical (unpaired) electrons. The minimum atomic E-state index is -0.568. The van der Waals surface area contributed by atoms with Gasteiger partial charge in [0.2, 0.25) is 5.91 Å². The van der Waals surface area contributed by atoms with Gasteiger partial charge in [-0.2, -0.15) is 0 Å². The van der Waals surface area contributed by atoms with E-state index in [4.69, 9.17) is 4.74 Å².